The summed E-state index contributed by atoms with van der Waals surface area (Å²) in [5.41, 5.74) is 9.66. The highest BCUT2D eigenvalue weighted by atomic mass is 16.5. The molecule has 1 aromatic carbocycles. The molecular weight excluding hydrogens is 290 g/mol. The molecule has 0 aliphatic rings. The van der Waals surface area contributed by atoms with Gasteiger partial charge in [0.2, 0.25) is 0 Å². The molecule has 5 nitrogen and oxygen atoms in total. The van der Waals surface area contributed by atoms with Gasteiger partial charge in [-0.15, -0.1) is 0 Å². The molecule has 5 heteroatoms. The topological polar surface area (TPSA) is 73.3 Å². The number of aryl methyl sites for hydroxylation is 1. The predicted molar refractivity (Wildman–Crippen MR) is 91.4 cm³/mol. The van der Waals surface area contributed by atoms with Gasteiger partial charge in [0.15, 0.2) is 0 Å². The average molecular weight is 309 g/mol. The van der Waals surface area contributed by atoms with Gasteiger partial charge in [-0.1, -0.05) is 0 Å². The monoisotopic (exact) mass is 309 g/mol. The zero-order valence-electron chi connectivity index (χ0n) is 13.2. The van der Waals surface area contributed by atoms with Gasteiger partial charge in [0.05, 0.1) is 19.1 Å². The lowest BCUT2D eigenvalue weighted by molar-refractivity contribution is 0.410. The molecular formula is C18H19N3O2. The van der Waals surface area contributed by atoms with Crippen molar-refractivity contribution in [3.8, 4) is 17.1 Å². The Kier molecular flexibility index (Phi) is 4.19. The Morgan fingerprint density at radius 1 is 1.22 bits per heavy atom. The lowest BCUT2D eigenvalue weighted by atomic mass is 10.1. The van der Waals surface area contributed by atoms with E-state index in [0.29, 0.717) is 12.4 Å². The van der Waals surface area contributed by atoms with Crippen LogP contribution in [-0.4, -0.2) is 12.1 Å². The van der Waals surface area contributed by atoms with Gasteiger partial charge >= 0.3 is 0 Å². The normalized spacial score (nSPS) is 10.5. The zero-order valence-corrected chi connectivity index (χ0v) is 13.2. The number of hydrogen-bond donors (Lipinski definition) is 2. The molecule has 0 saturated carbocycles. The third kappa shape index (κ3) is 3.29. The van der Waals surface area contributed by atoms with Gasteiger partial charge in [-0.05, 0) is 49.4 Å². The second-order valence-corrected chi connectivity index (χ2v) is 5.24. The maximum atomic E-state index is 5.94. The molecule has 0 fully saturated rings. The molecule has 118 valence electrons. The lowest BCUT2D eigenvalue weighted by Crippen LogP contribution is -2.05. The number of benzene rings is 1. The molecule has 0 radical (unpaired) electrons. The van der Waals surface area contributed by atoms with E-state index >= 15 is 0 Å². The van der Waals surface area contributed by atoms with Crippen LogP contribution in [-0.2, 0) is 6.54 Å². The van der Waals surface area contributed by atoms with E-state index in [9.17, 15) is 0 Å². The number of aromatic nitrogens is 1. The van der Waals surface area contributed by atoms with Crippen LogP contribution in [0.5, 0.6) is 5.75 Å². The smallest absolute Gasteiger partial charge is 0.147 e. The summed E-state index contributed by atoms with van der Waals surface area (Å²) in [6.45, 7) is 2.49. The van der Waals surface area contributed by atoms with Crippen LogP contribution in [0.25, 0.3) is 11.3 Å². The Morgan fingerprint density at radius 2 is 2.09 bits per heavy atom. The number of rotatable bonds is 5. The minimum atomic E-state index is 0.492. The average Bonchev–Trinajstić information content (AvgIpc) is 3.08. The first kappa shape index (κ1) is 15.0. The maximum absolute atomic E-state index is 5.94. The number of ether oxygens (including phenoxy) is 1. The van der Waals surface area contributed by atoms with Crippen molar-refractivity contribution in [1.29, 1.82) is 0 Å². The first-order valence-electron chi connectivity index (χ1n) is 7.35. The summed E-state index contributed by atoms with van der Waals surface area (Å²) in [7, 11) is 1.66. The molecule has 0 spiro atoms. The van der Waals surface area contributed by atoms with Crippen LogP contribution in [0.4, 0.5) is 11.5 Å². The summed E-state index contributed by atoms with van der Waals surface area (Å²) in [6, 6.07) is 13.6. The number of hydrogen-bond acceptors (Lipinski definition) is 5. The van der Waals surface area contributed by atoms with E-state index < -0.39 is 0 Å². The number of anilines is 2. The minimum Gasteiger partial charge on any atom is -0.496 e. The number of furan rings is 1. The molecule has 0 saturated heterocycles. The zero-order chi connectivity index (χ0) is 16.2. The number of methoxy groups -OCH3 is 1. The molecule has 0 amide bonds. The van der Waals surface area contributed by atoms with Crippen LogP contribution in [0, 0.1) is 6.92 Å². The SMILES string of the molecule is COc1ccc(-c2ccco2)cc1CNc1ccc(C)nc1N. The number of nitrogens with two attached hydrogens (primary N) is 1. The van der Waals surface area contributed by atoms with Crippen LogP contribution < -0.4 is 15.8 Å². The van der Waals surface area contributed by atoms with Gasteiger partial charge in [0, 0.05) is 23.4 Å². The van der Waals surface area contributed by atoms with Gasteiger partial charge in [-0.2, -0.15) is 0 Å². The fraction of sp³-hybridized carbons (Fsp3) is 0.167. The molecule has 2 heterocycles. The molecule has 0 aliphatic carbocycles. The van der Waals surface area contributed by atoms with E-state index in [2.05, 4.69) is 10.3 Å². The van der Waals surface area contributed by atoms with E-state index in [1.165, 1.54) is 0 Å². The summed E-state index contributed by atoms with van der Waals surface area (Å²) >= 11 is 0. The van der Waals surface area contributed by atoms with E-state index in [1.54, 1.807) is 13.4 Å². The largest absolute Gasteiger partial charge is 0.496 e. The van der Waals surface area contributed by atoms with Crippen molar-refractivity contribution < 1.29 is 9.15 Å². The Labute approximate surface area is 135 Å². The second-order valence-electron chi connectivity index (χ2n) is 5.24. The van der Waals surface area contributed by atoms with Crippen molar-refractivity contribution in [2.45, 2.75) is 13.5 Å². The number of nitrogen functional groups attached to an aromatic ring is 1. The lowest BCUT2D eigenvalue weighted by Gasteiger charge is -2.13. The molecule has 0 atom stereocenters. The molecule has 3 aromatic rings. The van der Waals surface area contributed by atoms with Crippen molar-refractivity contribution in [2.75, 3.05) is 18.2 Å². The Balaban J connectivity index is 1.84. The summed E-state index contributed by atoms with van der Waals surface area (Å²) in [5.74, 6) is 2.13. The highest BCUT2D eigenvalue weighted by molar-refractivity contribution is 5.64. The second kappa shape index (κ2) is 6.44. The van der Waals surface area contributed by atoms with Gasteiger partial charge in [-0.25, -0.2) is 4.98 Å². The van der Waals surface area contributed by atoms with Crippen LogP contribution >= 0.6 is 0 Å². The first-order valence-corrected chi connectivity index (χ1v) is 7.35. The van der Waals surface area contributed by atoms with E-state index in [1.807, 2.05) is 49.4 Å². The highest BCUT2D eigenvalue weighted by Gasteiger charge is 2.09. The van der Waals surface area contributed by atoms with Gasteiger partial charge in [-0.3, -0.25) is 0 Å². The summed E-state index contributed by atoms with van der Waals surface area (Å²) in [4.78, 5) is 4.26. The quantitative estimate of drug-likeness (QED) is 0.749. The molecule has 3 rings (SSSR count). The number of pyridine rings is 1. The van der Waals surface area contributed by atoms with Crippen molar-refractivity contribution >= 4 is 11.5 Å². The van der Waals surface area contributed by atoms with Gasteiger partial charge in [0.25, 0.3) is 0 Å². The van der Waals surface area contributed by atoms with Gasteiger partial charge in [0.1, 0.15) is 17.3 Å². The third-order valence-electron chi connectivity index (χ3n) is 3.62. The Hall–Kier alpha value is -2.95. The Morgan fingerprint density at radius 3 is 2.78 bits per heavy atom. The van der Waals surface area contributed by atoms with Crippen molar-refractivity contribution in [3.63, 3.8) is 0 Å². The summed E-state index contributed by atoms with van der Waals surface area (Å²) in [5, 5.41) is 3.31. The summed E-state index contributed by atoms with van der Waals surface area (Å²) in [6.07, 6.45) is 1.66. The standard InChI is InChI=1S/C18H19N3O2/c1-12-5-7-15(18(19)21-12)20-11-14-10-13(6-8-16(14)22-2)17-4-3-9-23-17/h3-10,20H,11H2,1-2H3,(H2,19,21). The van der Waals surface area contributed by atoms with Crippen LogP contribution in [0.15, 0.2) is 53.1 Å². The predicted octanol–water partition coefficient (Wildman–Crippen LogP) is 3.85. The van der Waals surface area contributed by atoms with E-state index in [0.717, 1.165) is 34.0 Å². The first-order chi connectivity index (χ1) is 11.2. The van der Waals surface area contributed by atoms with Crippen molar-refractivity contribution in [1.82, 2.24) is 4.98 Å². The molecule has 0 aliphatic heterocycles. The van der Waals surface area contributed by atoms with E-state index in [-0.39, 0.29) is 0 Å². The maximum Gasteiger partial charge on any atom is 0.147 e. The molecule has 3 N–H and O–H groups in total. The van der Waals surface area contributed by atoms with Crippen molar-refractivity contribution in [3.05, 3.63) is 60.0 Å². The van der Waals surface area contributed by atoms with Gasteiger partial charge < -0.3 is 20.2 Å². The minimum absolute atomic E-state index is 0.492. The molecule has 0 bridgehead atoms. The number of nitrogens with one attached hydrogen (secondary N) is 1. The molecule has 0 unspecified atom stereocenters. The molecule has 23 heavy (non-hydrogen) atoms. The summed E-state index contributed by atoms with van der Waals surface area (Å²) < 4.78 is 10.9. The van der Waals surface area contributed by atoms with Crippen LogP contribution in [0.1, 0.15) is 11.3 Å². The van der Waals surface area contributed by atoms with Crippen molar-refractivity contribution in [2.24, 2.45) is 0 Å². The van der Waals surface area contributed by atoms with Crippen LogP contribution in [0.3, 0.4) is 0 Å². The Bertz CT molecular complexity index is 798. The van der Waals surface area contributed by atoms with Crippen LogP contribution in [0.2, 0.25) is 0 Å². The number of nitrogens with zero attached hydrogens (tertiary/aromatic N) is 1. The molecule has 2 aromatic heterocycles. The fourth-order valence-corrected chi connectivity index (χ4v) is 2.43. The third-order valence-corrected chi connectivity index (χ3v) is 3.62. The van der Waals surface area contributed by atoms with E-state index in [4.69, 9.17) is 14.9 Å². The highest BCUT2D eigenvalue weighted by Crippen LogP contribution is 2.28. The fourth-order valence-electron chi connectivity index (χ4n) is 2.43.